The monoisotopic (exact) mass is 180 g/mol. The molecular weight excluding hydrogens is 160 g/mol. The lowest BCUT2D eigenvalue weighted by atomic mass is 9.76. The molecule has 1 nitrogen and oxygen atoms in total. The van der Waals surface area contributed by atoms with Crippen molar-refractivity contribution in [2.75, 3.05) is 6.61 Å². The molecule has 0 spiro atoms. The second-order valence-electron chi connectivity index (χ2n) is 3.98. The summed E-state index contributed by atoms with van der Waals surface area (Å²) in [5.74, 6) is 1.08. The normalized spacial score (nSPS) is 30.2. The molecule has 0 aromatic heterocycles. The maximum atomic E-state index is 9.23. The molecule has 0 aliphatic heterocycles. The lowest BCUT2D eigenvalue weighted by molar-refractivity contribution is 0.152. The highest BCUT2D eigenvalue weighted by Crippen LogP contribution is 2.34. The average molecular weight is 180 g/mol. The van der Waals surface area contributed by atoms with Crippen LogP contribution in [0.3, 0.4) is 0 Å². The Kier molecular flexibility index (Phi) is 4.23. The van der Waals surface area contributed by atoms with Crippen molar-refractivity contribution >= 4 is 0 Å². The van der Waals surface area contributed by atoms with E-state index in [1.54, 1.807) is 0 Å². The second-order valence-corrected chi connectivity index (χ2v) is 3.98. The molecule has 74 valence electrons. The van der Waals surface area contributed by atoms with E-state index < -0.39 is 0 Å². The van der Waals surface area contributed by atoms with Crippen molar-refractivity contribution in [2.45, 2.75) is 32.6 Å². The topological polar surface area (TPSA) is 20.2 Å². The summed E-state index contributed by atoms with van der Waals surface area (Å²) in [4.78, 5) is 0. The van der Waals surface area contributed by atoms with Gasteiger partial charge in [0, 0.05) is 6.61 Å². The van der Waals surface area contributed by atoms with Gasteiger partial charge in [-0.1, -0.05) is 37.1 Å². The number of allylic oxidation sites excluding steroid dienone is 3. The van der Waals surface area contributed by atoms with Gasteiger partial charge in [0.1, 0.15) is 0 Å². The molecule has 0 aromatic carbocycles. The molecule has 0 saturated heterocycles. The summed E-state index contributed by atoms with van der Waals surface area (Å²) >= 11 is 0. The van der Waals surface area contributed by atoms with E-state index in [-0.39, 0.29) is 0 Å². The SMILES string of the molecule is C=C/C=C(/C)C1CCCCC1CO. The van der Waals surface area contributed by atoms with Crippen molar-refractivity contribution in [3.63, 3.8) is 0 Å². The van der Waals surface area contributed by atoms with Crippen molar-refractivity contribution in [3.8, 4) is 0 Å². The van der Waals surface area contributed by atoms with Gasteiger partial charge in [0.05, 0.1) is 0 Å². The van der Waals surface area contributed by atoms with E-state index in [9.17, 15) is 5.11 Å². The van der Waals surface area contributed by atoms with Gasteiger partial charge in [-0.3, -0.25) is 0 Å². The third-order valence-electron chi connectivity index (χ3n) is 3.11. The molecule has 1 fully saturated rings. The fourth-order valence-corrected chi connectivity index (χ4v) is 2.34. The molecule has 1 rings (SSSR count). The van der Waals surface area contributed by atoms with Crippen molar-refractivity contribution in [1.82, 2.24) is 0 Å². The van der Waals surface area contributed by atoms with Crippen LogP contribution < -0.4 is 0 Å². The van der Waals surface area contributed by atoms with Gasteiger partial charge in [-0.05, 0) is 31.6 Å². The summed E-state index contributed by atoms with van der Waals surface area (Å²) < 4.78 is 0. The second kappa shape index (κ2) is 5.23. The predicted octanol–water partition coefficient (Wildman–Crippen LogP) is 2.92. The van der Waals surface area contributed by atoms with Crippen LogP contribution in [0.1, 0.15) is 32.6 Å². The maximum absolute atomic E-state index is 9.23. The van der Waals surface area contributed by atoms with E-state index in [2.05, 4.69) is 19.6 Å². The molecule has 13 heavy (non-hydrogen) atoms. The number of aliphatic hydroxyl groups is 1. The molecule has 1 aliphatic rings. The molecule has 2 atom stereocenters. The van der Waals surface area contributed by atoms with Crippen LogP contribution >= 0.6 is 0 Å². The number of aliphatic hydroxyl groups excluding tert-OH is 1. The minimum absolute atomic E-state index is 0.340. The molecule has 0 heterocycles. The van der Waals surface area contributed by atoms with E-state index in [1.807, 2.05) is 6.08 Å². The van der Waals surface area contributed by atoms with Crippen LogP contribution in [0.5, 0.6) is 0 Å². The lowest BCUT2D eigenvalue weighted by Gasteiger charge is -2.30. The van der Waals surface area contributed by atoms with E-state index in [0.29, 0.717) is 18.4 Å². The molecule has 1 saturated carbocycles. The van der Waals surface area contributed by atoms with Gasteiger partial charge in [0.15, 0.2) is 0 Å². The molecule has 1 N–H and O–H groups in total. The molecule has 0 aromatic rings. The minimum atomic E-state index is 0.340. The van der Waals surface area contributed by atoms with Gasteiger partial charge >= 0.3 is 0 Å². The van der Waals surface area contributed by atoms with Gasteiger partial charge in [0.2, 0.25) is 0 Å². The lowest BCUT2D eigenvalue weighted by Crippen LogP contribution is -2.23. The highest BCUT2D eigenvalue weighted by molar-refractivity contribution is 5.12. The zero-order valence-electron chi connectivity index (χ0n) is 8.50. The Bertz CT molecular complexity index is 193. The van der Waals surface area contributed by atoms with Gasteiger partial charge in [-0.25, -0.2) is 0 Å². The molecule has 2 unspecified atom stereocenters. The van der Waals surface area contributed by atoms with Gasteiger partial charge in [-0.15, -0.1) is 0 Å². The average Bonchev–Trinajstić information content (AvgIpc) is 2.18. The van der Waals surface area contributed by atoms with Crippen molar-refractivity contribution in [3.05, 3.63) is 24.3 Å². The van der Waals surface area contributed by atoms with Crippen LogP contribution in [-0.2, 0) is 0 Å². The summed E-state index contributed by atoms with van der Waals surface area (Å²) in [5, 5.41) is 9.23. The van der Waals surface area contributed by atoms with Crippen LogP contribution in [0, 0.1) is 11.8 Å². The highest BCUT2D eigenvalue weighted by Gasteiger charge is 2.24. The molecule has 0 bridgehead atoms. The van der Waals surface area contributed by atoms with Gasteiger partial charge in [-0.2, -0.15) is 0 Å². The highest BCUT2D eigenvalue weighted by atomic mass is 16.3. The summed E-state index contributed by atoms with van der Waals surface area (Å²) in [6.45, 7) is 6.20. The standard InChI is InChI=1S/C12H20O/c1-3-6-10(2)12-8-5-4-7-11(12)9-13/h3,6,11-13H,1,4-5,7-9H2,2H3/b10-6-. The first-order chi connectivity index (χ1) is 6.29. The van der Waals surface area contributed by atoms with Crippen molar-refractivity contribution in [2.24, 2.45) is 11.8 Å². The van der Waals surface area contributed by atoms with Crippen LogP contribution in [0.15, 0.2) is 24.3 Å². The third-order valence-corrected chi connectivity index (χ3v) is 3.11. The first-order valence-electron chi connectivity index (χ1n) is 5.19. The summed E-state index contributed by atoms with van der Waals surface area (Å²) in [6, 6.07) is 0. The zero-order valence-corrected chi connectivity index (χ0v) is 8.50. The Balaban J connectivity index is 2.63. The van der Waals surface area contributed by atoms with Gasteiger partial charge in [0.25, 0.3) is 0 Å². The molecular formula is C12H20O. The zero-order chi connectivity index (χ0) is 9.68. The fraction of sp³-hybridized carbons (Fsp3) is 0.667. The molecule has 1 aliphatic carbocycles. The van der Waals surface area contributed by atoms with E-state index in [0.717, 1.165) is 0 Å². The van der Waals surface area contributed by atoms with E-state index in [1.165, 1.54) is 31.3 Å². The van der Waals surface area contributed by atoms with Crippen LogP contribution in [0.2, 0.25) is 0 Å². The first kappa shape index (κ1) is 10.5. The fourth-order valence-electron chi connectivity index (χ4n) is 2.34. The first-order valence-corrected chi connectivity index (χ1v) is 5.19. The maximum Gasteiger partial charge on any atom is 0.0464 e. The van der Waals surface area contributed by atoms with Crippen LogP contribution in [-0.4, -0.2) is 11.7 Å². The van der Waals surface area contributed by atoms with Crippen LogP contribution in [0.25, 0.3) is 0 Å². The predicted molar refractivity (Wildman–Crippen MR) is 56.5 cm³/mol. The minimum Gasteiger partial charge on any atom is -0.396 e. The van der Waals surface area contributed by atoms with Crippen molar-refractivity contribution in [1.29, 1.82) is 0 Å². The van der Waals surface area contributed by atoms with Gasteiger partial charge < -0.3 is 5.11 Å². The number of hydrogen-bond donors (Lipinski definition) is 1. The molecule has 1 heteroatoms. The smallest absolute Gasteiger partial charge is 0.0464 e. The van der Waals surface area contributed by atoms with E-state index in [4.69, 9.17) is 0 Å². The number of rotatable bonds is 3. The Morgan fingerprint density at radius 2 is 2.15 bits per heavy atom. The summed E-state index contributed by atoms with van der Waals surface area (Å²) in [5.41, 5.74) is 1.38. The summed E-state index contributed by atoms with van der Waals surface area (Å²) in [7, 11) is 0. The Hall–Kier alpha value is -0.560. The van der Waals surface area contributed by atoms with Crippen LogP contribution in [0.4, 0.5) is 0 Å². The van der Waals surface area contributed by atoms with Crippen molar-refractivity contribution < 1.29 is 5.11 Å². The Morgan fingerprint density at radius 3 is 2.77 bits per heavy atom. The quantitative estimate of drug-likeness (QED) is 0.662. The number of hydrogen-bond acceptors (Lipinski definition) is 1. The largest absolute Gasteiger partial charge is 0.396 e. The van der Waals surface area contributed by atoms with E-state index >= 15 is 0 Å². The Morgan fingerprint density at radius 1 is 1.46 bits per heavy atom. The molecule has 0 amide bonds. The Labute approximate surface area is 81.2 Å². The third kappa shape index (κ3) is 2.70. The summed E-state index contributed by atoms with van der Waals surface area (Å²) in [6.07, 6.45) is 8.94. The molecule has 0 radical (unpaired) electrons.